The number of hydrogen-bond acceptors (Lipinski definition) is 4. The van der Waals surface area contributed by atoms with E-state index in [1.54, 1.807) is 54.6 Å². The lowest BCUT2D eigenvalue weighted by molar-refractivity contribution is -0.136. The first kappa shape index (κ1) is 24.7. The van der Waals surface area contributed by atoms with Gasteiger partial charge < -0.3 is 4.74 Å². The molecule has 0 N–H and O–H groups in total. The molecule has 0 unspecified atom stereocenters. The van der Waals surface area contributed by atoms with Gasteiger partial charge >= 0.3 is 6.18 Å². The van der Waals surface area contributed by atoms with Crippen LogP contribution in [0.25, 0.3) is 22.0 Å². The fourth-order valence-corrected chi connectivity index (χ4v) is 5.36. The average molecular weight is 500 g/mol. The number of benzene rings is 3. The summed E-state index contributed by atoms with van der Waals surface area (Å²) in [6, 6.07) is 18.9. The number of nitrogens with zero attached hydrogens (tertiary/aromatic N) is 1. The fourth-order valence-electron chi connectivity index (χ4n) is 3.76. The zero-order chi connectivity index (χ0) is 25.2. The summed E-state index contributed by atoms with van der Waals surface area (Å²) in [4.78, 5) is 4.16. The molecule has 3 aromatic carbocycles. The number of alkyl halides is 3. The molecule has 0 radical (unpaired) electrons. The molecular weight excluding hydrogens is 475 g/mol. The van der Waals surface area contributed by atoms with E-state index in [0.717, 1.165) is 6.07 Å². The van der Waals surface area contributed by atoms with Crippen molar-refractivity contribution in [2.24, 2.45) is 5.92 Å². The van der Waals surface area contributed by atoms with Gasteiger partial charge in [-0.1, -0.05) is 44.2 Å². The first-order valence-corrected chi connectivity index (χ1v) is 12.8. The van der Waals surface area contributed by atoms with Gasteiger partial charge in [-0.15, -0.1) is 0 Å². The molecule has 0 aliphatic carbocycles. The molecule has 0 aliphatic rings. The molecule has 4 rings (SSSR count). The zero-order valence-corrected chi connectivity index (χ0v) is 20.0. The predicted octanol–water partition coefficient (Wildman–Crippen LogP) is 7.53. The Morgan fingerprint density at radius 3 is 2.31 bits per heavy atom. The molecule has 0 aliphatic heterocycles. The van der Waals surface area contributed by atoms with Gasteiger partial charge in [-0.2, -0.15) is 13.2 Å². The van der Waals surface area contributed by atoms with Crippen molar-refractivity contribution in [1.29, 1.82) is 0 Å². The van der Waals surface area contributed by atoms with Crippen LogP contribution in [0.15, 0.2) is 83.9 Å². The van der Waals surface area contributed by atoms with Crippen molar-refractivity contribution in [3.8, 4) is 22.6 Å². The second-order valence-electron chi connectivity index (χ2n) is 8.66. The first-order chi connectivity index (χ1) is 16.5. The molecule has 1 aromatic heterocycles. The van der Waals surface area contributed by atoms with Crippen molar-refractivity contribution in [3.63, 3.8) is 0 Å². The predicted molar refractivity (Wildman–Crippen MR) is 130 cm³/mol. The standard InChI is InChI=1S/C27H24F3NO3S/c1-18(2)13-15-35(32,33)22-9-4-8-21(17-22)34-20-7-3-6-19(16-20)23-12-14-31-26-24(23)10-5-11-25(26)27(28,29)30/h3-12,14,16-18H,13,15H2,1-2H3. The summed E-state index contributed by atoms with van der Waals surface area (Å²) in [5.74, 6) is 1.10. The van der Waals surface area contributed by atoms with Crippen molar-refractivity contribution in [1.82, 2.24) is 4.98 Å². The lowest BCUT2D eigenvalue weighted by Crippen LogP contribution is -2.09. The minimum absolute atomic E-state index is 0.0542. The molecular formula is C27H24F3NO3S. The third-order valence-electron chi connectivity index (χ3n) is 5.59. The molecule has 1 heterocycles. The van der Waals surface area contributed by atoms with Crippen LogP contribution in [0, 0.1) is 5.92 Å². The third kappa shape index (κ3) is 5.65. The molecule has 0 saturated heterocycles. The van der Waals surface area contributed by atoms with Gasteiger partial charge in [-0.05, 0) is 65.9 Å². The highest BCUT2D eigenvalue weighted by molar-refractivity contribution is 7.91. The van der Waals surface area contributed by atoms with E-state index in [4.69, 9.17) is 4.74 Å². The first-order valence-electron chi connectivity index (χ1n) is 11.1. The van der Waals surface area contributed by atoms with Crippen LogP contribution < -0.4 is 4.74 Å². The Hall–Kier alpha value is -3.39. The number of rotatable bonds is 7. The van der Waals surface area contributed by atoms with Crippen LogP contribution in [0.3, 0.4) is 0 Å². The maximum Gasteiger partial charge on any atom is 0.418 e. The Labute approximate surface area is 202 Å². The van der Waals surface area contributed by atoms with E-state index in [9.17, 15) is 21.6 Å². The van der Waals surface area contributed by atoms with Gasteiger partial charge in [-0.3, -0.25) is 4.98 Å². The monoisotopic (exact) mass is 499 g/mol. The number of pyridine rings is 1. The van der Waals surface area contributed by atoms with Crippen molar-refractivity contribution in [2.45, 2.75) is 31.3 Å². The summed E-state index contributed by atoms with van der Waals surface area (Å²) in [5.41, 5.74) is 0.314. The molecule has 8 heteroatoms. The number of hydrogen-bond donors (Lipinski definition) is 0. The van der Waals surface area contributed by atoms with E-state index in [2.05, 4.69) is 4.98 Å². The minimum atomic E-state index is -4.52. The highest BCUT2D eigenvalue weighted by Gasteiger charge is 2.33. The summed E-state index contributed by atoms with van der Waals surface area (Å²) in [6.07, 6.45) is -2.60. The Balaban J connectivity index is 1.66. The minimum Gasteiger partial charge on any atom is -0.457 e. The average Bonchev–Trinajstić information content (AvgIpc) is 2.82. The largest absolute Gasteiger partial charge is 0.457 e. The van der Waals surface area contributed by atoms with Gasteiger partial charge in [0.05, 0.1) is 21.7 Å². The molecule has 4 nitrogen and oxygen atoms in total. The Bertz CT molecular complexity index is 1460. The lowest BCUT2D eigenvalue weighted by Gasteiger charge is -2.13. The van der Waals surface area contributed by atoms with E-state index in [-0.39, 0.29) is 22.1 Å². The van der Waals surface area contributed by atoms with Crippen molar-refractivity contribution >= 4 is 20.7 Å². The SMILES string of the molecule is CC(C)CCS(=O)(=O)c1cccc(Oc2cccc(-c3ccnc4c(C(F)(F)F)cccc34)c2)c1. The number of sulfone groups is 1. The van der Waals surface area contributed by atoms with Crippen LogP contribution in [0.4, 0.5) is 13.2 Å². The van der Waals surface area contributed by atoms with Gasteiger partial charge in [0, 0.05) is 11.6 Å². The van der Waals surface area contributed by atoms with Crippen molar-refractivity contribution in [2.75, 3.05) is 5.75 Å². The van der Waals surface area contributed by atoms with Crippen LogP contribution in [-0.2, 0) is 16.0 Å². The summed E-state index contributed by atoms with van der Waals surface area (Å²) < 4.78 is 71.6. The summed E-state index contributed by atoms with van der Waals surface area (Å²) >= 11 is 0. The number of halogens is 3. The molecule has 0 fully saturated rings. The third-order valence-corrected chi connectivity index (χ3v) is 7.33. The molecule has 0 spiro atoms. The smallest absolute Gasteiger partial charge is 0.418 e. The number of ether oxygens (including phenoxy) is 1. The van der Waals surface area contributed by atoms with Crippen LogP contribution in [-0.4, -0.2) is 19.2 Å². The molecule has 0 bridgehead atoms. The molecule has 4 aromatic rings. The quantitative estimate of drug-likeness (QED) is 0.264. The summed E-state index contributed by atoms with van der Waals surface area (Å²) in [7, 11) is -3.44. The maximum atomic E-state index is 13.5. The van der Waals surface area contributed by atoms with E-state index < -0.39 is 21.6 Å². The second-order valence-corrected chi connectivity index (χ2v) is 10.8. The highest BCUT2D eigenvalue weighted by atomic mass is 32.2. The summed E-state index contributed by atoms with van der Waals surface area (Å²) in [5, 5.41) is 0.373. The highest BCUT2D eigenvalue weighted by Crippen LogP contribution is 2.38. The Kier molecular flexibility index (Phi) is 6.85. The molecule has 35 heavy (non-hydrogen) atoms. The zero-order valence-electron chi connectivity index (χ0n) is 19.2. The normalized spacial score (nSPS) is 12.3. The number of fused-ring (bicyclic) bond motifs is 1. The number of para-hydroxylation sites is 1. The van der Waals surface area contributed by atoms with Gasteiger partial charge in [-0.25, -0.2) is 8.42 Å². The Morgan fingerprint density at radius 1 is 0.914 bits per heavy atom. The van der Waals surface area contributed by atoms with E-state index >= 15 is 0 Å². The van der Waals surface area contributed by atoms with E-state index in [0.29, 0.717) is 34.4 Å². The van der Waals surface area contributed by atoms with Gasteiger partial charge in [0.2, 0.25) is 0 Å². The van der Waals surface area contributed by atoms with Crippen LogP contribution >= 0.6 is 0 Å². The van der Waals surface area contributed by atoms with Crippen LogP contribution in [0.1, 0.15) is 25.8 Å². The topological polar surface area (TPSA) is 56.3 Å². The molecule has 0 saturated carbocycles. The molecule has 182 valence electrons. The molecule has 0 amide bonds. The van der Waals surface area contributed by atoms with Gasteiger partial charge in [0.15, 0.2) is 9.84 Å². The van der Waals surface area contributed by atoms with Gasteiger partial charge in [0.25, 0.3) is 0 Å². The maximum absolute atomic E-state index is 13.5. The van der Waals surface area contributed by atoms with Crippen LogP contribution in [0.5, 0.6) is 11.5 Å². The summed E-state index contributed by atoms with van der Waals surface area (Å²) in [6.45, 7) is 3.94. The number of aromatic nitrogens is 1. The Morgan fingerprint density at radius 2 is 1.60 bits per heavy atom. The van der Waals surface area contributed by atoms with E-state index in [1.807, 2.05) is 13.8 Å². The second kappa shape index (κ2) is 9.70. The van der Waals surface area contributed by atoms with Crippen molar-refractivity contribution in [3.05, 3.63) is 84.6 Å². The lowest BCUT2D eigenvalue weighted by atomic mass is 9.99. The molecule has 0 atom stereocenters. The van der Waals surface area contributed by atoms with Crippen molar-refractivity contribution < 1.29 is 26.3 Å². The fraction of sp³-hybridized carbons (Fsp3) is 0.222. The van der Waals surface area contributed by atoms with E-state index in [1.165, 1.54) is 18.3 Å². The van der Waals surface area contributed by atoms with Crippen LogP contribution in [0.2, 0.25) is 0 Å². The van der Waals surface area contributed by atoms with Gasteiger partial charge in [0.1, 0.15) is 11.5 Å².